The summed E-state index contributed by atoms with van der Waals surface area (Å²) in [6.45, 7) is 0. The van der Waals surface area contributed by atoms with Crippen LogP contribution in [0.3, 0.4) is 0 Å². The minimum atomic E-state index is 0.491. The van der Waals surface area contributed by atoms with Gasteiger partial charge in [0.1, 0.15) is 0 Å². The Bertz CT molecular complexity index is 336. The highest BCUT2D eigenvalue weighted by molar-refractivity contribution is 9.11. The van der Waals surface area contributed by atoms with E-state index in [1.54, 1.807) is 6.07 Å². The van der Waals surface area contributed by atoms with Crippen LogP contribution in [0, 0.1) is 5.41 Å². The van der Waals surface area contributed by atoms with Crippen molar-refractivity contribution in [3.8, 4) is 0 Å². The Morgan fingerprint density at radius 2 is 1.83 bits per heavy atom. The van der Waals surface area contributed by atoms with E-state index >= 15 is 0 Å². The van der Waals surface area contributed by atoms with Gasteiger partial charge in [0.25, 0.3) is 0 Å². The lowest BCUT2D eigenvalue weighted by atomic mass is 10.2. The molecule has 0 spiro atoms. The molecule has 3 nitrogen and oxygen atoms in total. The molecule has 5 heteroatoms. The Morgan fingerprint density at radius 3 is 2.33 bits per heavy atom. The molecular formula is C7H7Br2N3. The maximum atomic E-state index is 7.06. The van der Waals surface area contributed by atoms with Gasteiger partial charge in [0, 0.05) is 16.3 Å². The van der Waals surface area contributed by atoms with E-state index in [1.807, 2.05) is 0 Å². The van der Waals surface area contributed by atoms with Crippen LogP contribution in [0.5, 0.6) is 0 Å². The van der Waals surface area contributed by atoms with Crippen molar-refractivity contribution in [1.82, 2.24) is 0 Å². The summed E-state index contributed by atoms with van der Waals surface area (Å²) in [6.07, 6.45) is 1.18. The molecule has 0 saturated heterocycles. The van der Waals surface area contributed by atoms with Crippen LogP contribution >= 0.6 is 31.9 Å². The predicted octanol–water partition coefficient (Wildman–Crippen LogP) is 2.37. The lowest BCUT2D eigenvalue weighted by Crippen LogP contribution is -1.99. The van der Waals surface area contributed by atoms with E-state index < -0.39 is 0 Å². The molecule has 64 valence electrons. The maximum Gasteiger partial charge on any atom is 0.0652 e. The van der Waals surface area contributed by atoms with Crippen LogP contribution in [0.4, 0.5) is 11.4 Å². The van der Waals surface area contributed by atoms with Gasteiger partial charge < -0.3 is 16.9 Å². The standard InChI is InChI=1S/C7H7Br2N3/c8-4-1-3(2-10)6(11)5(9)7(4)12/h1-2,10H,11-12H2. The van der Waals surface area contributed by atoms with Gasteiger partial charge in [-0.05, 0) is 37.9 Å². The average molecular weight is 293 g/mol. The van der Waals surface area contributed by atoms with Crippen LogP contribution in [0.2, 0.25) is 0 Å². The first-order valence-electron chi connectivity index (χ1n) is 3.11. The molecule has 0 saturated carbocycles. The second kappa shape index (κ2) is 3.45. The normalized spacial score (nSPS) is 9.83. The highest BCUT2D eigenvalue weighted by Gasteiger charge is 2.08. The zero-order valence-corrected chi connectivity index (χ0v) is 9.24. The van der Waals surface area contributed by atoms with Crippen LogP contribution in [-0.4, -0.2) is 6.21 Å². The second-order valence-electron chi connectivity index (χ2n) is 2.23. The summed E-state index contributed by atoms with van der Waals surface area (Å²) >= 11 is 6.50. The van der Waals surface area contributed by atoms with E-state index in [0.29, 0.717) is 21.4 Å². The number of benzene rings is 1. The summed E-state index contributed by atoms with van der Waals surface area (Å²) in [5.41, 5.74) is 13.0. The number of nitrogen functional groups attached to an aromatic ring is 2. The fourth-order valence-electron chi connectivity index (χ4n) is 0.788. The van der Waals surface area contributed by atoms with Gasteiger partial charge in [-0.1, -0.05) is 0 Å². The molecule has 1 aromatic rings. The first-order chi connectivity index (χ1) is 5.57. The molecular weight excluding hydrogens is 286 g/mol. The first-order valence-corrected chi connectivity index (χ1v) is 4.70. The van der Waals surface area contributed by atoms with Crippen LogP contribution in [-0.2, 0) is 0 Å². The summed E-state index contributed by atoms with van der Waals surface area (Å²) in [7, 11) is 0. The molecule has 0 amide bonds. The SMILES string of the molecule is N=Cc1cc(Br)c(N)c(Br)c1N. The Balaban J connectivity index is 3.49. The van der Waals surface area contributed by atoms with Crippen molar-refractivity contribution in [2.45, 2.75) is 0 Å². The van der Waals surface area contributed by atoms with Crippen LogP contribution < -0.4 is 11.5 Å². The zero-order chi connectivity index (χ0) is 9.30. The second-order valence-corrected chi connectivity index (χ2v) is 3.88. The van der Waals surface area contributed by atoms with Gasteiger partial charge in [-0.2, -0.15) is 0 Å². The summed E-state index contributed by atoms with van der Waals surface area (Å²) in [5, 5.41) is 7.06. The molecule has 0 radical (unpaired) electrons. The monoisotopic (exact) mass is 291 g/mol. The highest BCUT2D eigenvalue weighted by Crippen LogP contribution is 2.34. The minimum absolute atomic E-state index is 0.491. The fraction of sp³-hybridized carbons (Fsp3) is 0. The number of nitrogens with one attached hydrogen (secondary N) is 1. The Kier molecular flexibility index (Phi) is 2.74. The molecule has 0 aliphatic heterocycles. The Labute approximate surface area is 86.9 Å². The van der Waals surface area contributed by atoms with Crippen molar-refractivity contribution in [3.63, 3.8) is 0 Å². The van der Waals surface area contributed by atoms with Crippen molar-refractivity contribution in [2.24, 2.45) is 0 Å². The zero-order valence-electron chi connectivity index (χ0n) is 6.07. The molecule has 0 unspecified atom stereocenters. The first kappa shape index (κ1) is 9.54. The van der Waals surface area contributed by atoms with Crippen molar-refractivity contribution in [3.05, 3.63) is 20.6 Å². The van der Waals surface area contributed by atoms with Gasteiger partial charge in [0.15, 0.2) is 0 Å². The molecule has 1 rings (SSSR count). The van der Waals surface area contributed by atoms with Crippen LogP contribution in [0.25, 0.3) is 0 Å². The lowest BCUT2D eigenvalue weighted by molar-refractivity contribution is 1.51. The molecule has 0 heterocycles. The Morgan fingerprint density at radius 1 is 1.25 bits per heavy atom. The van der Waals surface area contributed by atoms with Gasteiger partial charge in [0.2, 0.25) is 0 Å². The number of nitrogens with two attached hydrogens (primary N) is 2. The smallest absolute Gasteiger partial charge is 0.0652 e. The van der Waals surface area contributed by atoms with E-state index in [2.05, 4.69) is 31.9 Å². The van der Waals surface area contributed by atoms with Crippen molar-refractivity contribution < 1.29 is 0 Å². The minimum Gasteiger partial charge on any atom is -0.397 e. The number of hydrogen-bond donors (Lipinski definition) is 3. The molecule has 0 aliphatic carbocycles. The van der Waals surface area contributed by atoms with E-state index in [9.17, 15) is 0 Å². The van der Waals surface area contributed by atoms with Gasteiger partial charge in [-0.25, -0.2) is 0 Å². The van der Waals surface area contributed by atoms with Gasteiger partial charge in [-0.15, -0.1) is 0 Å². The van der Waals surface area contributed by atoms with Crippen molar-refractivity contribution in [1.29, 1.82) is 5.41 Å². The quantitative estimate of drug-likeness (QED) is 0.549. The predicted molar refractivity (Wildman–Crippen MR) is 58.6 cm³/mol. The number of halogens is 2. The molecule has 0 atom stereocenters. The molecule has 1 aromatic carbocycles. The van der Waals surface area contributed by atoms with Crippen molar-refractivity contribution in [2.75, 3.05) is 11.5 Å². The van der Waals surface area contributed by atoms with E-state index in [1.165, 1.54) is 6.21 Å². The van der Waals surface area contributed by atoms with Crippen LogP contribution in [0.15, 0.2) is 15.0 Å². The summed E-state index contributed by atoms with van der Waals surface area (Å²) < 4.78 is 1.37. The topological polar surface area (TPSA) is 75.9 Å². The highest BCUT2D eigenvalue weighted by atomic mass is 79.9. The molecule has 0 fully saturated rings. The fourth-order valence-corrected chi connectivity index (χ4v) is 1.94. The Hall–Kier alpha value is -0.550. The lowest BCUT2D eigenvalue weighted by Gasteiger charge is -2.07. The van der Waals surface area contributed by atoms with Gasteiger partial charge in [0.05, 0.1) is 15.8 Å². The van der Waals surface area contributed by atoms with E-state index in [-0.39, 0.29) is 0 Å². The molecule has 0 aliphatic rings. The molecule has 12 heavy (non-hydrogen) atoms. The molecule has 5 N–H and O–H groups in total. The average Bonchev–Trinajstić information content (AvgIpc) is 2.08. The van der Waals surface area contributed by atoms with E-state index in [0.717, 1.165) is 4.47 Å². The van der Waals surface area contributed by atoms with E-state index in [4.69, 9.17) is 16.9 Å². The largest absolute Gasteiger partial charge is 0.397 e. The summed E-state index contributed by atoms with van der Waals surface area (Å²) in [6, 6.07) is 1.71. The molecule has 0 bridgehead atoms. The number of anilines is 2. The third-order valence-corrected chi connectivity index (χ3v) is 2.99. The summed E-state index contributed by atoms with van der Waals surface area (Å²) in [5.74, 6) is 0. The van der Waals surface area contributed by atoms with Crippen molar-refractivity contribution >= 4 is 49.4 Å². The maximum absolute atomic E-state index is 7.06. The number of rotatable bonds is 1. The third kappa shape index (κ3) is 1.47. The third-order valence-electron chi connectivity index (χ3n) is 1.48. The van der Waals surface area contributed by atoms with Crippen LogP contribution in [0.1, 0.15) is 5.56 Å². The van der Waals surface area contributed by atoms with Gasteiger partial charge >= 0.3 is 0 Å². The molecule has 0 aromatic heterocycles. The number of hydrogen-bond acceptors (Lipinski definition) is 3. The summed E-state index contributed by atoms with van der Waals surface area (Å²) in [4.78, 5) is 0. The van der Waals surface area contributed by atoms with Gasteiger partial charge in [-0.3, -0.25) is 0 Å².